The number of nitrogen functional groups attached to an aromatic ring is 1. The molecule has 1 saturated heterocycles. The van der Waals surface area contributed by atoms with Gasteiger partial charge in [0.2, 0.25) is 6.20 Å². The van der Waals surface area contributed by atoms with Crippen molar-refractivity contribution < 1.29 is 56.1 Å². The van der Waals surface area contributed by atoms with Gasteiger partial charge in [0.25, 0.3) is 17.4 Å². The Morgan fingerprint density at radius 1 is 1.30 bits per heavy atom. The molecule has 1 aromatic carbocycles. The minimum absolute atomic E-state index is 0.0518. The number of aryl methyl sites for hydroxylation is 2. The van der Waals surface area contributed by atoms with Crippen molar-refractivity contribution in [2.24, 2.45) is 16.6 Å². The third-order valence-corrected chi connectivity index (χ3v) is 9.98. The van der Waals surface area contributed by atoms with Gasteiger partial charge in [-0.15, -0.1) is 20.3 Å². The molecule has 0 spiro atoms. The van der Waals surface area contributed by atoms with Gasteiger partial charge in [0, 0.05) is 11.9 Å². The van der Waals surface area contributed by atoms with Gasteiger partial charge in [0.15, 0.2) is 23.5 Å². The van der Waals surface area contributed by atoms with Crippen LogP contribution in [0, 0.1) is 0 Å². The largest absolute Gasteiger partial charge is 0.485 e. The molecule has 288 valence electrons. The lowest BCUT2D eigenvalue weighted by Gasteiger charge is -2.50. The van der Waals surface area contributed by atoms with Crippen LogP contribution in [0.3, 0.4) is 0 Å². The summed E-state index contributed by atoms with van der Waals surface area (Å²) in [5, 5.41) is 28.6. The molecule has 4 atom stereocenters. The number of fused-ring (bicyclic) bond motifs is 1. The number of nitrogens with zero attached hydrogens (tertiary/aromatic N) is 5. The van der Waals surface area contributed by atoms with Crippen LogP contribution in [0.1, 0.15) is 44.9 Å². The zero-order valence-electron chi connectivity index (χ0n) is 29.0. The molecule has 3 aromatic rings. The zero-order chi connectivity index (χ0) is 38.9. The molecule has 4 heterocycles. The second-order valence-electron chi connectivity index (χ2n) is 13.2. The number of nitrogens with two attached hydrogens (primary N) is 3. The number of hydrogen-bond donors (Lipinski definition) is 7. The minimum Gasteiger partial charge on any atom is -0.485 e. The number of nitrogens with one attached hydrogen (secondary N) is 1. The van der Waals surface area contributed by atoms with Gasteiger partial charge in [0.05, 0.1) is 23.8 Å². The maximum absolute atomic E-state index is 13.5. The van der Waals surface area contributed by atoms with Crippen LogP contribution in [-0.4, -0.2) is 104 Å². The number of rotatable bonds is 16. The molecule has 2 amide bonds. The molecular weight excluding hydrogens is 739 g/mol. The normalized spacial score (nSPS) is 20.1. The fraction of sp³-hybridized carbons (Fsp3) is 0.484. The topological polar surface area (TPSA) is 301 Å². The molecule has 0 aliphatic carbocycles. The molecule has 2 aromatic heterocycles. The van der Waals surface area contributed by atoms with Gasteiger partial charge in [0.1, 0.15) is 23.6 Å². The van der Waals surface area contributed by atoms with E-state index in [2.05, 4.69) is 19.7 Å². The number of aromatic nitrogens is 3. The number of aliphatic hydroxyl groups is 1. The van der Waals surface area contributed by atoms with Crippen molar-refractivity contribution in [1.29, 1.82) is 0 Å². The minimum atomic E-state index is -5.04. The van der Waals surface area contributed by atoms with Gasteiger partial charge in [-0.05, 0) is 69.8 Å². The van der Waals surface area contributed by atoms with Crippen LogP contribution in [-0.2, 0) is 53.4 Å². The molecule has 0 bridgehead atoms. The summed E-state index contributed by atoms with van der Waals surface area (Å²) in [7, 11) is -5.04. The molecule has 2 aliphatic rings. The van der Waals surface area contributed by atoms with E-state index in [-0.39, 0.29) is 23.8 Å². The number of benzene rings is 1. The summed E-state index contributed by atoms with van der Waals surface area (Å²) in [6.07, 6.45) is 3.38. The number of hydroxylamine groups is 2. The van der Waals surface area contributed by atoms with Crippen molar-refractivity contribution in [2.75, 3.05) is 18.8 Å². The van der Waals surface area contributed by atoms with Crippen molar-refractivity contribution in [1.82, 2.24) is 20.0 Å². The number of anilines is 1. The average molecular weight is 781 g/mol. The molecule has 53 heavy (non-hydrogen) atoms. The van der Waals surface area contributed by atoms with Gasteiger partial charge in [-0.25, -0.2) is 9.78 Å². The second kappa shape index (κ2) is 15.3. The highest BCUT2D eigenvalue weighted by atomic mass is 32.3. The first-order valence-corrected chi connectivity index (χ1v) is 18.6. The third-order valence-electron chi connectivity index (χ3n) is 8.97. The fourth-order valence-electron chi connectivity index (χ4n) is 5.90. The van der Waals surface area contributed by atoms with Crippen LogP contribution < -0.4 is 31.9 Å². The number of carboxylic acid groups (broad SMARTS) is 1. The molecule has 5 rings (SSSR count). The second-order valence-corrected chi connectivity index (χ2v) is 15.1. The van der Waals surface area contributed by atoms with Crippen molar-refractivity contribution in [3.63, 3.8) is 0 Å². The van der Waals surface area contributed by atoms with Gasteiger partial charge >= 0.3 is 16.4 Å². The van der Waals surface area contributed by atoms with Gasteiger partial charge in [-0.2, -0.15) is 18.2 Å². The highest BCUT2D eigenvalue weighted by Crippen LogP contribution is 2.37. The summed E-state index contributed by atoms with van der Waals surface area (Å²) < 4.78 is 45.8. The number of aliphatic hydroxyl groups excluding tert-OH is 1. The van der Waals surface area contributed by atoms with Crippen LogP contribution in [0.5, 0.6) is 5.75 Å². The smallest absolute Gasteiger partial charge is 0.418 e. The predicted octanol–water partition coefficient (Wildman–Crippen LogP) is -1.05. The first-order valence-electron chi connectivity index (χ1n) is 16.4. The Labute approximate surface area is 308 Å². The van der Waals surface area contributed by atoms with E-state index in [1.165, 1.54) is 26.2 Å². The Hall–Kier alpha value is -4.71. The Kier molecular flexibility index (Phi) is 11.4. The number of carbonyl (C=O) groups is 3. The number of carbonyl (C=O) groups excluding carboxylic acids is 2. The molecule has 10 N–H and O–H groups in total. The fourth-order valence-corrected chi connectivity index (χ4v) is 6.90. The third kappa shape index (κ3) is 8.43. The van der Waals surface area contributed by atoms with Gasteiger partial charge in [-0.1, -0.05) is 11.2 Å². The van der Waals surface area contributed by atoms with Crippen LogP contribution in [0.25, 0.3) is 11.1 Å². The maximum Gasteiger partial charge on any atom is 0.418 e. The molecule has 2 aliphatic heterocycles. The summed E-state index contributed by atoms with van der Waals surface area (Å²) in [4.78, 5) is 48.6. The average Bonchev–Trinajstić information content (AvgIpc) is 3.72. The summed E-state index contributed by atoms with van der Waals surface area (Å²) in [6, 6.07) is 4.14. The molecule has 0 saturated carbocycles. The molecule has 22 heteroatoms. The van der Waals surface area contributed by atoms with E-state index in [1.54, 1.807) is 6.07 Å². The van der Waals surface area contributed by atoms with E-state index in [1.807, 2.05) is 33.9 Å². The molecule has 0 radical (unpaired) electrons. The van der Waals surface area contributed by atoms with Gasteiger partial charge < -0.3 is 42.3 Å². The van der Waals surface area contributed by atoms with Crippen molar-refractivity contribution in [3.8, 4) is 16.9 Å². The summed E-state index contributed by atoms with van der Waals surface area (Å²) in [5.74, 6) is -3.05. The van der Waals surface area contributed by atoms with E-state index < -0.39 is 63.3 Å². The van der Waals surface area contributed by atoms with E-state index in [9.17, 15) is 33.0 Å². The lowest BCUT2D eigenvalue weighted by Crippen LogP contribution is -2.76. The Bertz CT molecular complexity index is 2020. The van der Waals surface area contributed by atoms with E-state index in [0.717, 1.165) is 34.4 Å². The summed E-state index contributed by atoms with van der Waals surface area (Å²) >= 11 is 0.960. The number of ether oxygens (including phenoxy) is 1. The molecule has 1 fully saturated rings. The van der Waals surface area contributed by atoms with Crippen molar-refractivity contribution in [3.05, 3.63) is 47.2 Å². The SMILES string of the molecule is CC(O/N=C(\C(=O)N[C@@H]1C(=O)N(OS(=O)(=O)O)C1(C)C)c1csc(N)n1)(C(=O)O)[C@H]1CCc2cc(-c3cn(CCCN)[n+](CC(O)CN)c3)ccc2O1. The number of hydrogen-bond acceptors (Lipinski definition) is 15. The van der Waals surface area contributed by atoms with E-state index in [0.29, 0.717) is 36.9 Å². The van der Waals surface area contributed by atoms with Gasteiger partial charge in [-0.3, -0.25) is 14.1 Å². The number of amides is 2. The van der Waals surface area contributed by atoms with E-state index in [4.69, 9.17) is 31.3 Å². The van der Waals surface area contributed by atoms with Crippen molar-refractivity contribution >= 4 is 50.4 Å². The number of oxime groups is 1. The first-order chi connectivity index (χ1) is 24.9. The number of thiazole rings is 1. The zero-order valence-corrected chi connectivity index (χ0v) is 30.7. The standard InChI is InChI=1S/C31H41N9O11S2/c1-30(2)25(27(43)40(30)51-53(46,47)48)36-26(42)24(21-16-52-29(34)35-21)37-50-31(3,28(44)45)23-8-6-18-11-17(5-7-22(18)49-23)19-13-38(10-4-9-32)39(14-19)15-20(41)12-33/h5,7,11,13-14,16,20,23,25,41H,4,6,8-10,12,15,32-33H2,1-3H3,(H4-,34,35,36,42,44,45,46,47,48)/p+1/b37-24-/t20?,23-,25-,31?/m1/s1. The highest BCUT2D eigenvalue weighted by Gasteiger charge is 2.58. The lowest BCUT2D eigenvalue weighted by atomic mass is 9.84. The molecular formula is C31H42N9O11S2+. The monoisotopic (exact) mass is 780 g/mol. The Morgan fingerprint density at radius 3 is 2.64 bits per heavy atom. The van der Waals surface area contributed by atoms with Crippen LogP contribution in [0.4, 0.5) is 5.13 Å². The molecule has 2 unspecified atom stereocenters. The molecule has 20 nitrogen and oxygen atoms in total. The lowest BCUT2D eigenvalue weighted by molar-refractivity contribution is -0.780. The van der Waals surface area contributed by atoms with Crippen molar-refractivity contribution in [2.45, 2.75) is 82.5 Å². The summed E-state index contributed by atoms with van der Waals surface area (Å²) in [5.41, 5.74) is 15.5. The predicted molar refractivity (Wildman–Crippen MR) is 187 cm³/mol. The Balaban J connectivity index is 1.36. The highest BCUT2D eigenvalue weighted by molar-refractivity contribution is 7.80. The summed E-state index contributed by atoms with van der Waals surface area (Å²) in [6.45, 7) is 5.52. The quantitative estimate of drug-likeness (QED) is 0.0300. The van der Waals surface area contributed by atoms with Crippen LogP contribution in [0.2, 0.25) is 0 Å². The first kappa shape index (κ1) is 39.5. The Morgan fingerprint density at radius 2 is 2.04 bits per heavy atom. The van der Waals surface area contributed by atoms with Crippen LogP contribution >= 0.6 is 11.3 Å². The maximum atomic E-state index is 13.5. The number of β-lactam (4-membered cyclic amide) rings is 1. The number of aliphatic carboxylic acids is 1. The van der Waals surface area contributed by atoms with Crippen LogP contribution in [0.15, 0.2) is 41.1 Å². The number of carboxylic acids is 1. The van der Waals surface area contributed by atoms with E-state index >= 15 is 0 Å².